The van der Waals surface area contributed by atoms with E-state index in [2.05, 4.69) is 52.5 Å². The van der Waals surface area contributed by atoms with E-state index in [1.54, 1.807) is 12.1 Å². The van der Waals surface area contributed by atoms with Gasteiger partial charge in [-0.1, -0.05) is 28.1 Å². The van der Waals surface area contributed by atoms with E-state index in [1.807, 2.05) is 0 Å². The van der Waals surface area contributed by atoms with Crippen molar-refractivity contribution in [2.45, 2.75) is 4.90 Å². The lowest BCUT2D eigenvalue weighted by Gasteiger charge is -2.12. The maximum atomic E-state index is 13.6. The number of nitrogens with one attached hydrogen (secondary N) is 1. The van der Waals surface area contributed by atoms with Crippen LogP contribution in [0.25, 0.3) is 0 Å². The molecule has 0 bridgehead atoms. The molecular formula is C12H7Br3FNO2S. The molecule has 8 heteroatoms. The van der Waals surface area contributed by atoms with Gasteiger partial charge in [0.15, 0.2) is 0 Å². The van der Waals surface area contributed by atoms with E-state index in [9.17, 15) is 12.8 Å². The summed E-state index contributed by atoms with van der Waals surface area (Å²) in [5.41, 5.74) is 0.302. The van der Waals surface area contributed by atoms with Gasteiger partial charge in [0.05, 0.1) is 5.69 Å². The zero-order chi connectivity index (χ0) is 14.9. The van der Waals surface area contributed by atoms with Gasteiger partial charge >= 0.3 is 0 Å². The van der Waals surface area contributed by atoms with Gasteiger partial charge < -0.3 is 0 Å². The second kappa shape index (κ2) is 6.13. The maximum absolute atomic E-state index is 13.6. The Kier molecular flexibility index (Phi) is 4.88. The molecule has 0 heterocycles. The molecule has 0 atom stereocenters. The summed E-state index contributed by atoms with van der Waals surface area (Å²) in [4.78, 5) is -0.401. The average Bonchev–Trinajstić information content (AvgIpc) is 2.34. The van der Waals surface area contributed by atoms with E-state index < -0.39 is 20.7 Å². The van der Waals surface area contributed by atoms with E-state index in [0.29, 0.717) is 14.6 Å². The van der Waals surface area contributed by atoms with Crippen molar-refractivity contribution in [2.24, 2.45) is 0 Å². The highest BCUT2D eigenvalue weighted by molar-refractivity contribution is 9.11. The molecule has 0 aliphatic rings. The van der Waals surface area contributed by atoms with Crippen molar-refractivity contribution >= 4 is 63.5 Å². The number of rotatable bonds is 3. The highest BCUT2D eigenvalue weighted by atomic mass is 79.9. The van der Waals surface area contributed by atoms with Gasteiger partial charge in [0.1, 0.15) is 10.7 Å². The first-order valence-electron chi connectivity index (χ1n) is 5.23. The Balaban J connectivity index is 2.47. The first kappa shape index (κ1) is 15.9. The molecular weight excluding hydrogens is 481 g/mol. The third-order valence-corrected chi connectivity index (χ3v) is 5.46. The third kappa shape index (κ3) is 3.41. The van der Waals surface area contributed by atoms with Crippen LogP contribution >= 0.6 is 47.8 Å². The molecule has 0 saturated carbocycles. The summed E-state index contributed by atoms with van der Waals surface area (Å²) in [5, 5.41) is 0. The van der Waals surface area contributed by atoms with E-state index in [-0.39, 0.29) is 0 Å². The number of halogens is 4. The Labute approximate surface area is 141 Å². The van der Waals surface area contributed by atoms with Crippen LogP contribution in [0.1, 0.15) is 0 Å². The van der Waals surface area contributed by atoms with Crippen LogP contribution in [0.4, 0.5) is 10.1 Å². The van der Waals surface area contributed by atoms with Crippen molar-refractivity contribution in [1.29, 1.82) is 0 Å². The minimum absolute atomic E-state index is 0.302. The quantitative estimate of drug-likeness (QED) is 0.668. The number of sulfonamides is 1. The van der Waals surface area contributed by atoms with Crippen LogP contribution in [-0.4, -0.2) is 8.42 Å². The lowest BCUT2D eigenvalue weighted by atomic mass is 10.3. The van der Waals surface area contributed by atoms with Crippen LogP contribution in [0.15, 0.2) is 54.7 Å². The molecule has 106 valence electrons. The fourth-order valence-electron chi connectivity index (χ4n) is 1.49. The second-order valence-electron chi connectivity index (χ2n) is 3.78. The third-order valence-electron chi connectivity index (χ3n) is 2.37. The van der Waals surface area contributed by atoms with Crippen LogP contribution in [-0.2, 0) is 10.0 Å². The van der Waals surface area contributed by atoms with Crippen molar-refractivity contribution in [1.82, 2.24) is 0 Å². The number of benzene rings is 2. The van der Waals surface area contributed by atoms with Gasteiger partial charge in [-0.3, -0.25) is 4.72 Å². The zero-order valence-electron chi connectivity index (χ0n) is 9.70. The maximum Gasteiger partial charge on any atom is 0.264 e. The van der Waals surface area contributed by atoms with Gasteiger partial charge in [-0.2, -0.15) is 0 Å². The van der Waals surface area contributed by atoms with E-state index in [4.69, 9.17) is 0 Å². The summed E-state index contributed by atoms with van der Waals surface area (Å²) in [6, 6.07) is 8.57. The number of hydrogen-bond donors (Lipinski definition) is 1. The molecule has 2 rings (SSSR count). The summed E-state index contributed by atoms with van der Waals surface area (Å²) < 4.78 is 42.2. The molecule has 0 aliphatic carbocycles. The monoisotopic (exact) mass is 485 g/mol. The van der Waals surface area contributed by atoms with Crippen molar-refractivity contribution < 1.29 is 12.8 Å². The predicted octanol–water partition coefficient (Wildman–Crippen LogP) is 4.91. The molecule has 0 aromatic heterocycles. The Morgan fingerprint density at radius 1 is 1.00 bits per heavy atom. The average molecular weight is 488 g/mol. The fourth-order valence-corrected chi connectivity index (χ4v) is 5.39. The molecule has 0 spiro atoms. The minimum Gasteiger partial charge on any atom is -0.277 e. The SMILES string of the molecule is O=S(=O)(Nc1c(Br)cc(Br)cc1Br)c1ccccc1F. The van der Waals surface area contributed by atoms with Crippen LogP contribution in [0.5, 0.6) is 0 Å². The Bertz CT molecular complexity index is 742. The molecule has 1 N–H and O–H groups in total. The van der Waals surface area contributed by atoms with Crippen molar-refractivity contribution in [3.05, 3.63) is 55.6 Å². The van der Waals surface area contributed by atoms with Gasteiger partial charge in [0.25, 0.3) is 10.0 Å². The van der Waals surface area contributed by atoms with Gasteiger partial charge in [0.2, 0.25) is 0 Å². The Morgan fingerprint density at radius 3 is 2.10 bits per heavy atom. The van der Waals surface area contributed by atoms with Gasteiger partial charge in [-0.05, 0) is 56.1 Å². The molecule has 3 nitrogen and oxygen atoms in total. The molecule has 0 aliphatic heterocycles. The molecule has 2 aromatic carbocycles. The van der Waals surface area contributed by atoms with Crippen LogP contribution in [0, 0.1) is 5.82 Å². The lowest BCUT2D eigenvalue weighted by Crippen LogP contribution is -2.15. The summed E-state index contributed by atoms with van der Waals surface area (Å²) in [5.74, 6) is -0.802. The number of hydrogen-bond acceptors (Lipinski definition) is 2. The molecule has 0 saturated heterocycles. The van der Waals surface area contributed by atoms with E-state index >= 15 is 0 Å². The molecule has 0 amide bonds. The molecule has 0 unspecified atom stereocenters. The minimum atomic E-state index is -4.00. The summed E-state index contributed by atoms with van der Waals surface area (Å²) in [6.45, 7) is 0. The second-order valence-corrected chi connectivity index (χ2v) is 8.06. The molecule has 0 fully saturated rings. The summed E-state index contributed by atoms with van der Waals surface area (Å²) >= 11 is 9.81. The highest BCUT2D eigenvalue weighted by Gasteiger charge is 2.21. The highest BCUT2D eigenvalue weighted by Crippen LogP contribution is 2.35. The van der Waals surface area contributed by atoms with Crippen LogP contribution < -0.4 is 4.72 Å². The zero-order valence-corrected chi connectivity index (χ0v) is 15.3. The standard InChI is InChI=1S/C12H7Br3FNO2S/c13-7-5-8(14)12(9(15)6-7)17-20(18,19)11-4-2-1-3-10(11)16/h1-6,17H. The largest absolute Gasteiger partial charge is 0.277 e. The Morgan fingerprint density at radius 2 is 1.55 bits per heavy atom. The van der Waals surface area contributed by atoms with Crippen LogP contribution in [0.3, 0.4) is 0 Å². The fraction of sp³-hybridized carbons (Fsp3) is 0. The molecule has 20 heavy (non-hydrogen) atoms. The van der Waals surface area contributed by atoms with Crippen molar-refractivity contribution in [3.8, 4) is 0 Å². The summed E-state index contributed by atoms with van der Waals surface area (Å²) in [6.07, 6.45) is 0. The first-order chi connectivity index (χ1) is 9.31. The van der Waals surface area contributed by atoms with E-state index in [1.165, 1.54) is 18.2 Å². The van der Waals surface area contributed by atoms with Gasteiger partial charge in [0, 0.05) is 13.4 Å². The Hall–Kier alpha value is -0.440. The predicted molar refractivity (Wildman–Crippen MR) is 86.8 cm³/mol. The lowest BCUT2D eigenvalue weighted by molar-refractivity contribution is 0.570. The van der Waals surface area contributed by atoms with Crippen LogP contribution in [0.2, 0.25) is 0 Å². The van der Waals surface area contributed by atoms with Crippen molar-refractivity contribution in [2.75, 3.05) is 4.72 Å². The van der Waals surface area contributed by atoms with Gasteiger partial charge in [-0.25, -0.2) is 12.8 Å². The van der Waals surface area contributed by atoms with Gasteiger partial charge in [-0.15, -0.1) is 0 Å². The smallest absolute Gasteiger partial charge is 0.264 e. The normalized spacial score (nSPS) is 11.4. The topological polar surface area (TPSA) is 46.2 Å². The molecule has 0 radical (unpaired) electrons. The summed E-state index contributed by atoms with van der Waals surface area (Å²) in [7, 11) is -4.00. The van der Waals surface area contributed by atoms with E-state index in [0.717, 1.165) is 10.5 Å². The van der Waals surface area contributed by atoms with Crippen molar-refractivity contribution in [3.63, 3.8) is 0 Å². The molecule has 2 aromatic rings. The number of anilines is 1. The first-order valence-corrected chi connectivity index (χ1v) is 9.09.